The molecule has 5 heteroatoms. The van der Waals surface area contributed by atoms with E-state index in [9.17, 15) is 9.59 Å². The minimum absolute atomic E-state index is 0.0000463. The van der Waals surface area contributed by atoms with Crippen molar-refractivity contribution in [3.63, 3.8) is 0 Å². The Kier molecular flexibility index (Phi) is 3.32. The lowest BCUT2D eigenvalue weighted by Crippen LogP contribution is -2.37. The molecule has 2 bridgehead atoms. The Morgan fingerprint density at radius 1 is 1.00 bits per heavy atom. The molecule has 1 saturated heterocycles. The first kappa shape index (κ1) is 14.9. The Balaban J connectivity index is 1.77. The topological polar surface area (TPSA) is 37.4 Å². The van der Waals surface area contributed by atoms with Crippen molar-refractivity contribution in [3.8, 4) is 0 Å². The zero-order chi connectivity index (χ0) is 15.8. The Morgan fingerprint density at radius 3 is 2.09 bits per heavy atom. The first-order chi connectivity index (χ1) is 10.4. The van der Waals surface area contributed by atoms with Crippen LogP contribution in [0.4, 0.5) is 5.69 Å². The van der Waals surface area contributed by atoms with E-state index in [-0.39, 0.29) is 45.1 Å². The van der Waals surface area contributed by atoms with Crippen molar-refractivity contribution in [2.24, 2.45) is 23.7 Å². The SMILES string of the molecule is Cc1ccc(C)c(N2C(=O)[C@@H]3[C@H]4C[C@@H]([C@H](Br)[C@@H]4Br)[C@@H]3C2=O)c1. The predicted octanol–water partition coefficient (Wildman–Crippen LogP) is 3.59. The molecule has 1 aliphatic heterocycles. The number of nitrogens with zero attached hydrogens (tertiary/aromatic N) is 1. The lowest BCUT2D eigenvalue weighted by atomic mass is 9.81. The minimum Gasteiger partial charge on any atom is -0.274 e. The van der Waals surface area contributed by atoms with E-state index < -0.39 is 0 Å². The van der Waals surface area contributed by atoms with Crippen molar-refractivity contribution >= 4 is 49.4 Å². The van der Waals surface area contributed by atoms with Gasteiger partial charge in [0.05, 0.1) is 17.5 Å². The summed E-state index contributed by atoms with van der Waals surface area (Å²) >= 11 is 7.44. The molecule has 22 heavy (non-hydrogen) atoms. The molecule has 3 aliphatic rings. The Labute approximate surface area is 146 Å². The van der Waals surface area contributed by atoms with E-state index in [1.165, 1.54) is 4.90 Å². The second-order valence-electron chi connectivity index (χ2n) is 6.81. The summed E-state index contributed by atoms with van der Waals surface area (Å²) in [6.07, 6.45) is 0.972. The van der Waals surface area contributed by atoms with Gasteiger partial charge < -0.3 is 0 Å². The molecule has 2 saturated carbocycles. The number of hydrogen-bond acceptors (Lipinski definition) is 2. The smallest absolute Gasteiger partial charge is 0.238 e. The summed E-state index contributed by atoms with van der Waals surface area (Å²) in [5.41, 5.74) is 2.81. The van der Waals surface area contributed by atoms with Crippen LogP contribution in [0.2, 0.25) is 0 Å². The molecule has 3 nitrogen and oxygen atoms in total. The highest BCUT2D eigenvalue weighted by Crippen LogP contribution is 2.60. The number of carbonyl (C=O) groups is 2. The molecule has 0 N–H and O–H groups in total. The number of carbonyl (C=O) groups excluding carboxylic acids is 2. The van der Waals surface area contributed by atoms with Crippen LogP contribution in [-0.4, -0.2) is 21.5 Å². The minimum atomic E-state index is -0.143. The molecule has 0 radical (unpaired) electrons. The monoisotopic (exact) mass is 425 g/mol. The molecule has 1 aromatic carbocycles. The van der Waals surface area contributed by atoms with Crippen LogP contribution in [0.15, 0.2) is 18.2 Å². The van der Waals surface area contributed by atoms with Crippen LogP contribution in [0.5, 0.6) is 0 Å². The fourth-order valence-corrected chi connectivity index (χ4v) is 6.42. The van der Waals surface area contributed by atoms with E-state index in [0.717, 1.165) is 23.2 Å². The number of aryl methyl sites for hydroxylation is 2. The molecule has 1 aromatic rings. The molecular formula is C17H17Br2NO2. The molecule has 0 spiro atoms. The van der Waals surface area contributed by atoms with Gasteiger partial charge in [-0.2, -0.15) is 0 Å². The summed E-state index contributed by atoms with van der Waals surface area (Å²) in [4.78, 5) is 28.0. The normalized spacial score (nSPS) is 39.7. The van der Waals surface area contributed by atoms with Gasteiger partial charge in [-0.05, 0) is 49.3 Å². The fraction of sp³-hybridized carbons (Fsp3) is 0.529. The van der Waals surface area contributed by atoms with E-state index in [1.54, 1.807) is 0 Å². The number of fused-ring (bicyclic) bond motifs is 5. The number of hydrogen-bond donors (Lipinski definition) is 0. The number of anilines is 1. The molecular weight excluding hydrogens is 410 g/mol. The number of rotatable bonds is 1. The maximum atomic E-state index is 13.0. The van der Waals surface area contributed by atoms with Crippen LogP contribution in [0.1, 0.15) is 17.5 Å². The zero-order valence-corrected chi connectivity index (χ0v) is 15.6. The number of alkyl halides is 2. The first-order valence-electron chi connectivity index (χ1n) is 7.65. The van der Waals surface area contributed by atoms with Gasteiger partial charge in [-0.25, -0.2) is 4.90 Å². The summed E-state index contributed by atoms with van der Waals surface area (Å²) in [5.74, 6) is 0.253. The number of amides is 2. The molecule has 3 fully saturated rings. The highest BCUT2D eigenvalue weighted by molar-refractivity contribution is 9.12. The fourth-order valence-electron chi connectivity index (χ4n) is 4.55. The summed E-state index contributed by atoms with van der Waals surface area (Å²) in [6, 6.07) is 5.94. The maximum absolute atomic E-state index is 13.0. The summed E-state index contributed by atoms with van der Waals surface area (Å²) in [7, 11) is 0. The molecule has 0 aromatic heterocycles. The third-order valence-corrected chi connectivity index (χ3v) is 8.80. The zero-order valence-electron chi connectivity index (χ0n) is 12.4. The molecule has 2 aliphatic carbocycles. The second kappa shape index (κ2) is 4.91. The van der Waals surface area contributed by atoms with Crippen molar-refractivity contribution in [2.45, 2.75) is 29.9 Å². The number of halogens is 2. The number of benzene rings is 1. The summed E-state index contributed by atoms with van der Waals surface area (Å²) in [5, 5.41) is 0. The van der Waals surface area contributed by atoms with Gasteiger partial charge in [0.25, 0.3) is 0 Å². The van der Waals surface area contributed by atoms with Gasteiger partial charge >= 0.3 is 0 Å². The lowest BCUT2D eigenvalue weighted by molar-refractivity contribution is -0.123. The van der Waals surface area contributed by atoms with Crippen LogP contribution in [0, 0.1) is 37.5 Å². The van der Waals surface area contributed by atoms with E-state index in [2.05, 4.69) is 31.9 Å². The molecule has 0 unspecified atom stereocenters. The third kappa shape index (κ3) is 1.78. The van der Waals surface area contributed by atoms with E-state index in [1.807, 2.05) is 32.0 Å². The summed E-state index contributed by atoms with van der Waals surface area (Å²) < 4.78 is 0. The second-order valence-corrected chi connectivity index (χ2v) is 8.92. The average Bonchev–Trinajstić information content (AvgIpc) is 3.07. The van der Waals surface area contributed by atoms with Gasteiger partial charge in [-0.1, -0.05) is 44.0 Å². The Bertz CT molecular complexity index is 657. The van der Waals surface area contributed by atoms with Crippen LogP contribution in [-0.2, 0) is 9.59 Å². The van der Waals surface area contributed by atoms with Crippen LogP contribution < -0.4 is 4.90 Å². The van der Waals surface area contributed by atoms with Crippen LogP contribution in [0.25, 0.3) is 0 Å². The van der Waals surface area contributed by atoms with Crippen molar-refractivity contribution in [1.29, 1.82) is 0 Å². The van der Waals surface area contributed by atoms with Crippen molar-refractivity contribution in [1.82, 2.24) is 0 Å². The largest absolute Gasteiger partial charge is 0.274 e. The third-order valence-electron chi connectivity index (χ3n) is 5.59. The molecule has 2 amide bonds. The average molecular weight is 427 g/mol. The highest BCUT2D eigenvalue weighted by atomic mass is 79.9. The van der Waals surface area contributed by atoms with Gasteiger partial charge in [0.1, 0.15) is 0 Å². The standard InChI is InChI=1S/C17H17Br2NO2/c1-7-3-4-8(2)11(5-7)20-16(21)12-9-6-10(13(12)17(20)22)15(19)14(9)18/h3-5,9-10,12-15H,6H2,1-2H3/t9-,10-,12-,13+,14-,15+/m1/s1. The molecule has 6 atom stereocenters. The quantitative estimate of drug-likeness (QED) is 0.508. The van der Waals surface area contributed by atoms with Crippen molar-refractivity contribution < 1.29 is 9.59 Å². The van der Waals surface area contributed by atoms with Crippen molar-refractivity contribution in [3.05, 3.63) is 29.3 Å². The highest BCUT2D eigenvalue weighted by Gasteiger charge is 2.66. The van der Waals surface area contributed by atoms with Gasteiger partial charge in [-0.15, -0.1) is 0 Å². The molecule has 4 rings (SSSR count). The first-order valence-corrected chi connectivity index (χ1v) is 9.48. The van der Waals surface area contributed by atoms with Gasteiger partial charge in [0.2, 0.25) is 11.8 Å². The van der Waals surface area contributed by atoms with Gasteiger partial charge in [0, 0.05) is 9.65 Å². The van der Waals surface area contributed by atoms with E-state index in [4.69, 9.17) is 0 Å². The maximum Gasteiger partial charge on any atom is 0.238 e. The van der Waals surface area contributed by atoms with E-state index >= 15 is 0 Å². The van der Waals surface area contributed by atoms with Crippen LogP contribution in [0.3, 0.4) is 0 Å². The van der Waals surface area contributed by atoms with Crippen LogP contribution >= 0.6 is 31.9 Å². The lowest BCUT2D eigenvalue weighted by Gasteiger charge is -2.28. The predicted molar refractivity (Wildman–Crippen MR) is 92.4 cm³/mol. The van der Waals surface area contributed by atoms with Gasteiger partial charge in [-0.3, -0.25) is 9.59 Å². The summed E-state index contributed by atoms with van der Waals surface area (Å²) in [6.45, 7) is 3.94. The van der Waals surface area contributed by atoms with Gasteiger partial charge in [0.15, 0.2) is 0 Å². The van der Waals surface area contributed by atoms with E-state index in [0.29, 0.717) is 0 Å². The molecule has 1 heterocycles. The molecule has 116 valence electrons. The van der Waals surface area contributed by atoms with Crippen molar-refractivity contribution in [2.75, 3.05) is 4.90 Å². The Hall–Kier alpha value is -0.680. The number of imide groups is 1. The Morgan fingerprint density at radius 2 is 1.55 bits per heavy atom.